The maximum Gasteiger partial charge on any atom is 0.329 e. The third-order valence-corrected chi connectivity index (χ3v) is 3.95. The molecule has 27 heavy (non-hydrogen) atoms. The normalized spacial score (nSPS) is 13.1. The van der Waals surface area contributed by atoms with Crippen molar-refractivity contribution in [2.24, 2.45) is 0 Å². The Kier molecular flexibility index (Phi) is 8.47. The lowest BCUT2D eigenvalue weighted by Crippen LogP contribution is -2.32. The van der Waals surface area contributed by atoms with E-state index in [4.69, 9.17) is 26.2 Å². The Morgan fingerprint density at radius 1 is 1.26 bits per heavy atom. The number of ether oxygens (including phenoxy) is 2. The molecule has 0 aliphatic rings. The molecular formula is C19H23ClN2O5. The molecule has 8 heteroatoms. The fraction of sp³-hybridized carbons (Fsp3) is 0.368. The summed E-state index contributed by atoms with van der Waals surface area (Å²) in [7, 11) is 0. The smallest absolute Gasteiger partial charge is 0.329 e. The number of carboxylic acid groups (broad SMARTS) is 1. The second-order valence-corrected chi connectivity index (χ2v) is 6.45. The molecule has 0 fully saturated rings. The number of aromatic nitrogens is 1. The number of carboxylic acids is 1. The third-order valence-electron chi connectivity index (χ3n) is 3.74. The molecule has 2 aromatic rings. The van der Waals surface area contributed by atoms with Crippen LogP contribution in [0.4, 0.5) is 0 Å². The van der Waals surface area contributed by atoms with E-state index in [1.54, 1.807) is 30.3 Å². The van der Waals surface area contributed by atoms with Crippen LogP contribution in [0.3, 0.4) is 0 Å². The zero-order chi connectivity index (χ0) is 19.6. The van der Waals surface area contributed by atoms with Gasteiger partial charge in [-0.05, 0) is 43.2 Å². The van der Waals surface area contributed by atoms with E-state index in [0.29, 0.717) is 23.1 Å². The van der Waals surface area contributed by atoms with E-state index in [9.17, 15) is 9.90 Å². The molecule has 1 aromatic carbocycles. The lowest BCUT2D eigenvalue weighted by molar-refractivity contribution is -0.144. The van der Waals surface area contributed by atoms with Gasteiger partial charge in [-0.3, -0.25) is 0 Å². The number of aliphatic hydroxyl groups is 1. The molecule has 2 unspecified atom stereocenters. The van der Waals surface area contributed by atoms with Crippen LogP contribution in [-0.4, -0.2) is 47.2 Å². The summed E-state index contributed by atoms with van der Waals surface area (Å²) < 4.78 is 10.1. The predicted molar refractivity (Wildman–Crippen MR) is 101 cm³/mol. The van der Waals surface area contributed by atoms with Gasteiger partial charge in [-0.1, -0.05) is 29.8 Å². The number of nitrogens with one attached hydrogen (secondary N) is 1. The lowest BCUT2D eigenvalue weighted by Gasteiger charge is -2.17. The average molecular weight is 395 g/mol. The Hall–Kier alpha value is -2.19. The molecule has 0 bridgehead atoms. The number of aliphatic hydroxyl groups excluding tert-OH is 1. The first-order chi connectivity index (χ1) is 12.9. The highest BCUT2D eigenvalue weighted by Gasteiger charge is 2.11. The van der Waals surface area contributed by atoms with Gasteiger partial charge in [-0.2, -0.15) is 0 Å². The van der Waals surface area contributed by atoms with E-state index in [1.165, 1.54) is 0 Å². The van der Waals surface area contributed by atoms with Gasteiger partial charge in [0.2, 0.25) is 0 Å². The first kappa shape index (κ1) is 21.1. The van der Waals surface area contributed by atoms with Crippen molar-refractivity contribution in [3.05, 3.63) is 58.9 Å². The second kappa shape index (κ2) is 10.8. The van der Waals surface area contributed by atoms with E-state index >= 15 is 0 Å². The van der Waals surface area contributed by atoms with Gasteiger partial charge in [0.25, 0.3) is 0 Å². The van der Waals surface area contributed by atoms with Crippen molar-refractivity contribution in [2.75, 3.05) is 19.9 Å². The molecule has 0 radical (unpaired) electrons. The largest absolute Gasteiger partial charge is 0.480 e. The van der Waals surface area contributed by atoms with Crippen LogP contribution in [0, 0.1) is 0 Å². The van der Waals surface area contributed by atoms with Gasteiger partial charge in [-0.25, -0.2) is 9.78 Å². The Bertz CT molecular complexity index is 726. The van der Waals surface area contributed by atoms with E-state index in [0.717, 1.165) is 12.0 Å². The monoisotopic (exact) mass is 394 g/mol. The second-order valence-electron chi connectivity index (χ2n) is 6.06. The first-order valence-corrected chi connectivity index (χ1v) is 8.87. The van der Waals surface area contributed by atoms with Crippen molar-refractivity contribution in [1.82, 2.24) is 10.3 Å². The Morgan fingerprint density at radius 2 is 2.00 bits per heavy atom. The molecule has 0 amide bonds. The SMILES string of the molecule is CC(Cc1ccc(OCOCC(=O)O)cc1)NCC(O)c1cccc(Cl)n1. The van der Waals surface area contributed by atoms with Crippen molar-refractivity contribution in [1.29, 1.82) is 0 Å². The predicted octanol–water partition coefficient (Wildman–Crippen LogP) is 2.43. The van der Waals surface area contributed by atoms with Crippen LogP contribution < -0.4 is 10.1 Å². The van der Waals surface area contributed by atoms with E-state index in [-0.39, 0.29) is 12.8 Å². The molecule has 2 rings (SSSR count). The fourth-order valence-electron chi connectivity index (χ4n) is 2.41. The van der Waals surface area contributed by atoms with E-state index in [1.807, 2.05) is 19.1 Å². The topological polar surface area (TPSA) is 101 Å². The number of hydrogen-bond donors (Lipinski definition) is 3. The van der Waals surface area contributed by atoms with Crippen molar-refractivity contribution < 1.29 is 24.5 Å². The van der Waals surface area contributed by atoms with Gasteiger partial charge in [0.05, 0.1) is 5.69 Å². The first-order valence-electron chi connectivity index (χ1n) is 8.49. The summed E-state index contributed by atoms with van der Waals surface area (Å²) in [5.74, 6) is -0.432. The summed E-state index contributed by atoms with van der Waals surface area (Å²) in [4.78, 5) is 14.4. The molecule has 1 aromatic heterocycles. The minimum atomic E-state index is -1.04. The zero-order valence-electron chi connectivity index (χ0n) is 15.0. The molecule has 2 atom stereocenters. The van der Waals surface area contributed by atoms with Crippen LogP contribution in [0.2, 0.25) is 5.15 Å². The number of nitrogens with zero attached hydrogens (tertiary/aromatic N) is 1. The summed E-state index contributed by atoms with van der Waals surface area (Å²) in [5, 5.41) is 22.3. The van der Waals surface area contributed by atoms with Crippen LogP contribution in [0.5, 0.6) is 5.75 Å². The fourth-order valence-corrected chi connectivity index (χ4v) is 2.58. The van der Waals surface area contributed by atoms with Crippen LogP contribution in [-0.2, 0) is 16.0 Å². The van der Waals surface area contributed by atoms with Gasteiger partial charge in [0.1, 0.15) is 23.6 Å². The molecule has 1 heterocycles. The highest BCUT2D eigenvalue weighted by Crippen LogP contribution is 2.15. The quantitative estimate of drug-likeness (QED) is 0.305. The number of benzene rings is 1. The van der Waals surface area contributed by atoms with Gasteiger partial charge < -0.3 is 25.0 Å². The average Bonchev–Trinajstić information content (AvgIpc) is 2.64. The minimum absolute atomic E-state index is 0.112. The molecule has 146 valence electrons. The number of carbonyl (C=O) groups is 1. The standard InChI is InChI=1S/C19H23ClN2O5/c1-13(21-10-17(23)16-3-2-4-18(20)22-16)9-14-5-7-15(8-6-14)27-12-26-11-19(24)25/h2-8,13,17,21,23H,9-12H2,1H3,(H,24,25). The van der Waals surface area contributed by atoms with Gasteiger partial charge in [-0.15, -0.1) is 0 Å². The number of pyridine rings is 1. The highest BCUT2D eigenvalue weighted by atomic mass is 35.5. The number of rotatable bonds is 11. The summed E-state index contributed by atoms with van der Waals surface area (Å²) >= 11 is 5.84. The van der Waals surface area contributed by atoms with Crippen LogP contribution in [0.15, 0.2) is 42.5 Å². The van der Waals surface area contributed by atoms with Crippen LogP contribution >= 0.6 is 11.6 Å². The summed E-state index contributed by atoms with van der Waals surface area (Å²) in [6.45, 7) is 1.90. The lowest BCUT2D eigenvalue weighted by atomic mass is 10.1. The minimum Gasteiger partial charge on any atom is -0.480 e. The summed E-state index contributed by atoms with van der Waals surface area (Å²) in [6, 6.07) is 12.8. The molecule has 0 aliphatic carbocycles. The Labute approximate surface area is 162 Å². The van der Waals surface area contributed by atoms with E-state index < -0.39 is 18.7 Å². The highest BCUT2D eigenvalue weighted by molar-refractivity contribution is 6.29. The molecule has 0 saturated heterocycles. The molecule has 0 spiro atoms. The van der Waals surface area contributed by atoms with Crippen LogP contribution in [0.1, 0.15) is 24.3 Å². The Morgan fingerprint density at radius 3 is 2.67 bits per heavy atom. The van der Waals surface area contributed by atoms with E-state index in [2.05, 4.69) is 10.3 Å². The van der Waals surface area contributed by atoms with Crippen molar-refractivity contribution in [2.45, 2.75) is 25.5 Å². The van der Waals surface area contributed by atoms with Gasteiger partial charge in [0, 0.05) is 12.6 Å². The molecule has 3 N–H and O–H groups in total. The van der Waals surface area contributed by atoms with Gasteiger partial charge >= 0.3 is 5.97 Å². The van der Waals surface area contributed by atoms with Crippen molar-refractivity contribution >= 4 is 17.6 Å². The summed E-state index contributed by atoms with van der Waals surface area (Å²) in [6.07, 6.45) is 0.0404. The zero-order valence-corrected chi connectivity index (χ0v) is 15.7. The van der Waals surface area contributed by atoms with Crippen molar-refractivity contribution in [3.8, 4) is 5.75 Å². The number of aliphatic carboxylic acids is 1. The van der Waals surface area contributed by atoms with Crippen LogP contribution in [0.25, 0.3) is 0 Å². The third kappa shape index (κ3) is 7.92. The number of hydrogen-bond acceptors (Lipinski definition) is 6. The molecular weight excluding hydrogens is 372 g/mol. The summed E-state index contributed by atoms with van der Waals surface area (Å²) in [5.41, 5.74) is 1.64. The van der Waals surface area contributed by atoms with Gasteiger partial charge in [0.15, 0.2) is 6.79 Å². The van der Waals surface area contributed by atoms with Crippen molar-refractivity contribution in [3.63, 3.8) is 0 Å². The Balaban J connectivity index is 1.73. The molecule has 0 saturated carbocycles. The maximum absolute atomic E-state index is 10.3. The number of halogens is 1. The maximum atomic E-state index is 10.3. The molecule has 7 nitrogen and oxygen atoms in total. The molecule has 0 aliphatic heterocycles.